The standard InChI is InChI=1S/C14H16N4O3/c1-21-14(20)10-4-2-3-5-11(10)17-13(19)12-8-18(7-6-15)9-16-12/h2-5,8-9H,6-7,15H2,1H3,(H,17,19). The van der Waals surface area contributed by atoms with E-state index in [1.54, 1.807) is 35.0 Å². The van der Waals surface area contributed by atoms with Crippen molar-refractivity contribution in [1.82, 2.24) is 9.55 Å². The van der Waals surface area contributed by atoms with Gasteiger partial charge in [-0.15, -0.1) is 0 Å². The molecular formula is C14H16N4O3. The highest BCUT2D eigenvalue weighted by atomic mass is 16.5. The smallest absolute Gasteiger partial charge is 0.339 e. The van der Waals surface area contributed by atoms with Gasteiger partial charge in [0.2, 0.25) is 0 Å². The fourth-order valence-electron chi connectivity index (χ4n) is 1.82. The second kappa shape index (κ2) is 6.67. The average molecular weight is 288 g/mol. The van der Waals surface area contributed by atoms with Crippen molar-refractivity contribution < 1.29 is 14.3 Å². The maximum atomic E-state index is 12.1. The Kier molecular flexibility index (Phi) is 4.68. The Morgan fingerprint density at radius 1 is 1.38 bits per heavy atom. The zero-order chi connectivity index (χ0) is 15.2. The predicted molar refractivity (Wildman–Crippen MR) is 77.0 cm³/mol. The fourth-order valence-corrected chi connectivity index (χ4v) is 1.82. The first-order chi connectivity index (χ1) is 10.2. The molecule has 0 unspecified atom stereocenters. The number of anilines is 1. The molecule has 0 atom stereocenters. The first-order valence-electron chi connectivity index (χ1n) is 6.36. The van der Waals surface area contributed by atoms with E-state index >= 15 is 0 Å². The molecule has 0 spiro atoms. The number of methoxy groups -OCH3 is 1. The largest absolute Gasteiger partial charge is 0.465 e. The average Bonchev–Trinajstić information content (AvgIpc) is 2.96. The molecule has 7 nitrogen and oxygen atoms in total. The molecule has 3 N–H and O–H groups in total. The summed E-state index contributed by atoms with van der Waals surface area (Å²) < 4.78 is 6.40. The SMILES string of the molecule is COC(=O)c1ccccc1NC(=O)c1cn(CCN)cn1. The van der Waals surface area contributed by atoms with Crippen molar-refractivity contribution in [2.24, 2.45) is 5.73 Å². The highest BCUT2D eigenvalue weighted by Gasteiger charge is 2.15. The molecule has 2 rings (SSSR count). The molecule has 0 radical (unpaired) electrons. The first-order valence-corrected chi connectivity index (χ1v) is 6.36. The number of esters is 1. The third-order valence-electron chi connectivity index (χ3n) is 2.83. The summed E-state index contributed by atoms with van der Waals surface area (Å²) >= 11 is 0. The summed E-state index contributed by atoms with van der Waals surface area (Å²) in [7, 11) is 1.29. The van der Waals surface area contributed by atoms with Gasteiger partial charge in [0.15, 0.2) is 0 Å². The van der Waals surface area contributed by atoms with Crippen molar-refractivity contribution in [3.63, 3.8) is 0 Å². The molecule has 2 aromatic rings. The van der Waals surface area contributed by atoms with Crippen LogP contribution >= 0.6 is 0 Å². The fraction of sp³-hybridized carbons (Fsp3) is 0.214. The number of nitrogens with one attached hydrogen (secondary N) is 1. The summed E-state index contributed by atoms with van der Waals surface area (Å²) in [5, 5.41) is 2.65. The molecule has 0 aliphatic heterocycles. The zero-order valence-corrected chi connectivity index (χ0v) is 11.6. The summed E-state index contributed by atoms with van der Waals surface area (Å²) in [6.07, 6.45) is 3.14. The number of carbonyl (C=O) groups is 2. The second-order valence-corrected chi connectivity index (χ2v) is 4.28. The van der Waals surface area contributed by atoms with E-state index in [0.717, 1.165) is 0 Å². The maximum Gasteiger partial charge on any atom is 0.339 e. The number of ether oxygens (including phenoxy) is 1. The van der Waals surface area contributed by atoms with Crippen molar-refractivity contribution >= 4 is 17.6 Å². The van der Waals surface area contributed by atoms with Gasteiger partial charge in [0.1, 0.15) is 5.69 Å². The van der Waals surface area contributed by atoms with Gasteiger partial charge in [-0.2, -0.15) is 0 Å². The van der Waals surface area contributed by atoms with E-state index in [0.29, 0.717) is 18.8 Å². The third kappa shape index (κ3) is 3.46. The number of imidazole rings is 1. The van der Waals surface area contributed by atoms with Gasteiger partial charge in [-0.1, -0.05) is 12.1 Å². The Balaban J connectivity index is 2.17. The molecule has 0 saturated carbocycles. The number of para-hydroxylation sites is 1. The monoisotopic (exact) mass is 288 g/mol. The van der Waals surface area contributed by atoms with Gasteiger partial charge in [0, 0.05) is 19.3 Å². The van der Waals surface area contributed by atoms with Crippen molar-refractivity contribution in [1.29, 1.82) is 0 Å². The zero-order valence-electron chi connectivity index (χ0n) is 11.6. The number of hydrogen-bond acceptors (Lipinski definition) is 5. The molecule has 0 aliphatic carbocycles. The van der Waals surface area contributed by atoms with Crippen LogP contribution in [0.1, 0.15) is 20.8 Å². The summed E-state index contributed by atoms with van der Waals surface area (Å²) in [6.45, 7) is 1.04. The van der Waals surface area contributed by atoms with E-state index < -0.39 is 11.9 Å². The van der Waals surface area contributed by atoms with Gasteiger partial charge in [-0.3, -0.25) is 4.79 Å². The quantitative estimate of drug-likeness (QED) is 0.796. The topological polar surface area (TPSA) is 99.2 Å². The third-order valence-corrected chi connectivity index (χ3v) is 2.83. The molecular weight excluding hydrogens is 272 g/mol. The number of nitrogens with zero attached hydrogens (tertiary/aromatic N) is 2. The highest BCUT2D eigenvalue weighted by Crippen LogP contribution is 2.16. The number of rotatable bonds is 5. The van der Waals surface area contributed by atoms with Crippen LogP contribution in [-0.2, 0) is 11.3 Å². The van der Waals surface area contributed by atoms with E-state index in [9.17, 15) is 9.59 Å². The van der Waals surface area contributed by atoms with Crippen LogP contribution in [0.25, 0.3) is 0 Å². The Bertz CT molecular complexity index is 651. The van der Waals surface area contributed by atoms with Gasteiger partial charge < -0.3 is 20.4 Å². The lowest BCUT2D eigenvalue weighted by atomic mass is 10.2. The highest BCUT2D eigenvalue weighted by molar-refractivity contribution is 6.06. The second-order valence-electron chi connectivity index (χ2n) is 4.28. The summed E-state index contributed by atoms with van der Waals surface area (Å²) in [5.74, 6) is -0.915. The Labute approximate surface area is 121 Å². The summed E-state index contributed by atoms with van der Waals surface area (Å²) in [6, 6.07) is 6.61. The molecule has 1 aromatic heterocycles. The summed E-state index contributed by atoms with van der Waals surface area (Å²) in [5.41, 5.74) is 6.35. The lowest BCUT2D eigenvalue weighted by Crippen LogP contribution is -2.16. The van der Waals surface area contributed by atoms with Crippen LogP contribution in [0.5, 0.6) is 0 Å². The predicted octanol–water partition coefficient (Wildman–Crippen LogP) is 0.881. The van der Waals surface area contributed by atoms with Gasteiger partial charge in [0.05, 0.1) is 24.7 Å². The normalized spacial score (nSPS) is 10.2. The number of benzene rings is 1. The first kappa shape index (κ1) is 14.7. The minimum Gasteiger partial charge on any atom is -0.465 e. The molecule has 1 heterocycles. The molecule has 0 fully saturated rings. The maximum absolute atomic E-state index is 12.1. The minimum absolute atomic E-state index is 0.253. The molecule has 0 bridgehead atoms. The number of nitrogens with two attached hydrogens (primary N) is 1. The van der Waals surface area contributed by atoms with Gasteiger partial charge in [0.25, 0.3) is 5.91 Å². The van der Waals surface area contributed by atoms with Crippen molar-refractivity contribution in [2.75, 3.05) is 19.0 Å². The Morgan fingerprint density at radius 3 is 2.86 bits per heavy atom. The number of aromatic nitrogens is 2. The van der Waals surface area contributed by atoms with Gasteiger partial charge in [-0.25, -0.2) is 9.78 Å². The Morgan fingerprint density at radius 2 is 2.14 bits per heavy atom. The molecule has 1 aromatic carbocycles. The summed E-state index contributed by atoms with van der Waals surface area (Å²) in [4.78, 5) is 27.8. The minimum atomic E-state index is -0.514. The molecule has 110 valence electrons. The molecule has 0 aliphatic rings. The molecule has 0 saturated heterocycles. The number of hydrogen-bond donors (Lipinski definition) is 2. The molecule has 21 heavy (non-hydrogen) atoms. The van der Waals surface area contributed by atoms with Crippen molar-refractivity contribution in [3.05, 3.63) is 48.0 Å². The van der Waals surface area contributed by atoms with E-state index in [1.807, 2.05) is 0 Å². The van der Waals surface area contributed by atoms with Crippen LogP contribution in [0.3, 0.4) is 0 Å². The van der Waals surface area contributed by atoms with Crippen LogP contribution in [0.15, 0.2) is 36.8 Å². The number of amides is 1. The van der Waals surface area contributed by atoms with Crippen LogP contribution in [0, 0.1) is 0 Å². The Hall–Kier alpha value is -2.67. The lowest BCUT2D eigenvalue weighted by molar-refractivity contribution is 0.0602. The number of carbonyl (C=O) groups excluding carboxylic acids is 2. The van der Waals surface area contributed by atoms with Gasteiger partial charge in [-0.05, 0) is 12.1 Å². The van der Waals surface area contributed by atoms with E-state index in [1.165, 1.54) is 13.4 Å². The van der Waals surface area contributed by atoms with Crippen LogP contribution in [0.2, 0.25) is 0 Å². The van der Waals surface area contributed by atoms with Crippen LogP contribution < -0.4 is 11.1 Å². The van der Waals surface area contributed by atoms with Crippen molar-refractivity contribution in [2.45, 2.75) is 6.54 Å². The van der Waals surface area contributed by atoms with Crippen LogP contribution in [0.4, 0.5) is 5.69 Å². The van der Waals surface area contributed by atoms with Crippen LogP contribution in [-0.4, -0.2) is 35.1 Å². The van der Waals surface area contributed by atoms with E-state index in [2.05, 4.69) is 15.0 Å². The molecule has 1 amide bonds. The van der Waals surface area contributed by atoms with Crippen molar-refractivity contribution in [3.8, 4) is 0 Å². The van der Waals surface area contributed by atoms with E-state index in [4.69, 9.17) is 5.73 Å². The van der Waals surface area contributed by atoms with E-state index in [-0.39, 0.29) is 11.3 Å². The molecule has 7 heteroatoms. The van der Waals surface area contributed by atoms with Gasteiger partial charge >= 0.3 is 5.97 Å². The lowest BCUT2D eigenvalue weighted by Gasteiger charge is -2.08.